The maximum Gasteiger partial charge on any atom is 0.326 e. The summed E-state index contributed by atoms with van der Waals surface area (Å²) in [5.41, 5.74) is 0.892. The van der Waals surface area contributed by atoms with E-state index in [-0.39, 0.29) is 24.3 Å². The first-order valence-corrected chi connectivity index (χ1v) is 9.29. The third-order valence-corrected chi connectivity index (χ3v) is 4.89. The van der Waals surface area contributed by atoms with Gasteiger partial charge >= 0.3 is 5.97 Å². The van der Waals surface area contributed by atoms with Crippen molar-refractivity contribution >= 4 is 17.8 Å². The summed E-state index contributed by atoms with van der Waals surface area (Å²) in [5.74, 6) is -1.47. The number of piperidine rings is 1. The number of carbonyl (C=O) groups excluding carboxylic acids is 2. The lowest BCUT2D eigenvalue weighted by molar-refractivity contribution is -0.153. The molecule has 142 valence electrons. The average molecular weight is 360 g/mol. The SMILES string of the molecule is CCCC(=O)N1CCCC(C(=O)N(Cc2ccccc2)C(C)C(=O)O)C1. The number of amides is 2. The van der Waals surface area contributed by atoms with Crippen molar-refractivity contribution < 1.29 is 19.5 Å². The van der Waals surface area contributed by atoms with Crippen LogP contribution in [-0.2, 0) is 20.9 Å². The summed E-state index contributed by atoms with van der Waals surface area (Å²) in [6.07, 6.45) is 2.73. The highest BCUT2D eigenvalue weighted by atomic mass is 16.4. The first-order chi connectivity index (χ1) is 12.4. The molecule has 0 aliphatic carbocycles. The molecule has 0 saturated carbocycles. The number of aliphatic carboxylic acids is 1. The van der Waals surface area contributed by atoms with Gasteiger partial charge in [-0.3, -0.25) is 9.59 Å². The molecule has 26 heavy (non-hydrogen) atoms. The van der Waals surface area contributed by atoms with Gasteiger partial charge < -0.3 is 14.9 Å². The molecule has 2 unspecified atom stereocenters. The first-order valence-electron chi connectivity index (χ1n) is 9.29. The summed E-state index contributed by atoms with van der Waals surface area (Å²) in [4.78, 5) is 40.0. The van der Waals surface area contributed by atoms with Gasteiger partial charge in [0.25, 0.3) is 0 Å². The van der Waals surface area contributed by atoms with Crippen LogP contribution in [0.2, 0.25) is 0 Å². The molecule has 6 heteroatoms. The van der Waals surface area contributed by atoms with Gasteiger partial charge in [0.05, 0.1) is 5.92 Å². The molecule has 1 N–H and O–H groups in total. The van der Waals surface area contributed by atoms with E-state index in [1.807, 2.05) is 37.3 Å². The van der Waals surface area contributed by atoms with Crippen LogP contribution in [0.4, 0.5) is 0 Å². The predicted molar refractivity (Wildman–Crippen MR) is 98.3 cm³/mol. The summed E-state index contributed by atoms with van der Waals surface area (Å²) >= 11 is 0. The molecule has 0 radical (unpaired) electrons. The standard InChI is InChI=1S/C20H28N2O4/c1-3-8-18(23)21-12-7-11-17(14-21)19(24)22(15(2)20(25)26)13-16-9-5-4-6-10-16/h4-6,9-10,15,17H,3,7-8,11-14H2,1-2H3,(H,25,26). The number of likely N-dealkylation sites (tertiary alicyclic amines) is 1. The minimum absolute atomic E-state index is 0.0749. The number of carbonyl (C=O) groups is 3. The van der Waals surface area contributed by atoms with Gasteiger partial charge in [0.2, 0.25) is 11.8 Å². The molecule has 0 aromatic heterocycles. The van der Waals surface area contributed by atoms with Gasteiger partial charge in [-0.1, -0.05) is 37.3 Å². The molecule has 0 bridgehead atoms. The Kier molecular flexibility index (Phi) is 7.18. The lowest BCUT2D eigenvalue weighted by atomic mass is 9.95. The zero-order valence-electron chi connectivity index (χ0n) is 15.6. The molecule has 2 atom stereocenters. The Bertz CT molecular complexity index is 632. The molecule has 1 aliphatic rings. The Morgan fingerprint density at radius 1 is 1.27 bits per heavy atom. The molecule has 1 aromatic rings. The Morgan fingerprint density at radius 3 is 2.58 bits per heavy atom. The van der Waals surface area contributed by atoms with Crippen LogP contribution in [0.3, 0.4) is 0 Å². The zero-order chi connectivity index (χ0) is 19.1. The number of nitrogens with zero attached hydrogens (tertiary/aromatic N) is 2. The third-order valence-electron chi connectivity index (χ3n) is 4.89. The molecule has 1 aliphatic heterocycles. The third kappa shape index (κ3) is 5.07. The van der Waals surface area contributed by atoms with E-state index in [0.717, 1.165) is 18.4 Å². The summed E-state index contributed by atoms with van der Waals surface area (Å²) in [6, 6.07) is 8.47. The van der Waals surface area contributed by atoms with E-state index in [1.54, 1.807) is 4.90 Å². The molecule has 1 fully saturated rings. The van der Waals surface area contributed by atoms with E-state index in [0.29, 0.717) is 25.9 Å². The van der Waals surface area contributed by atoms with Gasteiger partial charge in [-0.05, 0) is 31.7 Å². The molecule has 0 spiro atoms. The molecule has 2 amide bonds. The normalized spacial score (nSPS) is 18.2. The predicted octanol–water partition coefficient (Wildman–Crippen LogP) is 2.53. The van der Waals surface area contributed by atoms with Crippen LogP contribution in [0.25, 0.3) is 0 Å². The largest absolute Gasteiger partial charge is 0.480 e. The van der Waals surface area contributed by atoms with Crippen molar-refractivity contribution in [3.63, 3.8) is 0 Å². The highest BCUT2D eigenvalue weighted by Gasteiger charge is 2.34. The summed E-state index contributed by atoms with van der Waals surface area (Å²) in [5, 5.41) is 9.43. The van der Waals surface area contributed by atoms with Crippen LogP contribution in [0.15, 0.2) is 30.3 Å². The summed E-state index contributed by atoms with van der Waals surface area (Å²) in [7, 11) is 0. The van der Waals surface area contributed by atoms with Crippen LogP contribution in [0, 0.1) is 5.92 Å². The molecule has 1 aromatic carbocycles. The fraction of sp³-hybridized carbons (Fsp3) is 0.550. The van der Waals surface area contributed by atoms with Crippen molar-refractivity contribution in [2.75, 3.05) is 13.1 Å². The second-order valence-corrected chi connectivity index (χ2v) is 6.89. The second-order valence-electron chi connectivity index (χ2n) is 6.89. The minimum atomic E-state index is -1.02. The highest BCUT2D eigenvalue weighted by molar-refractivity contribution is 5.86. The summed E-state index contributed by atoms with van der Waals surface area (Å²) < 4.78 is 0. The van der Waals surface area contributed by atoms with E-state index in [9.17, 15) is 19.5 Å². The fourth-order valence-electron chi connectivity index (χ4n) is 3.33. The van der Waals surface area contributed by atoms with Gasteiger partial charge in [-0.25, -0.2) is 4.79 Å². The van der Waals surface area contributed by atoms with Gasteiger partial charge in [-0.2, -0.15) is 0 Å². The van der Waals surface area contributed by atoms with Crippen LogP contribution < -0.4 is 0 Å². The van der Waals surface area contributed by atoms with E-state index in [1.165, 1.54) is 11.8 Å². The monoisotopic (exact) mass is 360 g/mol. The number of hydrogen-bond acceptors (Lipinski definition) is 3. The van der Waals surface area contributed by atoms with Crippen LogP contribution in [-0.4, -0.2) is 51.8 Å². The average Bonchev–Trinajstić information content (AvgIpc) is 2.66. The number of carboxylic acid groups (broad SMARTS) is 1. The van der Waals surface area contributed by atoms with Gasteiger partial charge in [0, 0.05) is 26.1 Å². The molecule has 1 saturated heterocycles. The van der Waals surface area contributed by atoms with Crippen molar-refractivity contribution in [1.29, 1.82) is 0 Å². The number of carboxylic acids is 1. The first kappa shape index (κ1) is 19.9. The maximum absolute atomic E-state index is 13.1. The van der Waals surface area contributed by atoms with Crippen LogP contribution >= 0.6 is 0 Å². The van der Waals surface area contributed by atoms with E-state index in [4.69, 9.17) is 0 Å². The minimum Gasteiger partial charge on any atom is -0.480 e. The van der Waals surface area contributed by atoms with Crippen LogP contribution in [0.5, 0.6) is 0 Å². The van der Waals surface area contributed by atoms with Crippen molar-refractivity contribution in [1.82, 2.24) is 9.80 Å². The summed E-state index contributed by atoms with van der Waals surface area (Å²) in [6.45, 7) is 4.81. The Hall–Kier alpha value is -2.37. The van der Waals surface area contributed by atoms with E-state index < -0.39 is 12.0 Å². The Morgan fingerprint density at radius 2 is 1.96 bits per heavy atom. The zero-order valence-corrected chi connectivity index (χ0v) is 15.6. The second kappa shape index (κ2) is 9.36. The lowest BCUT2D eigenvalue weighted by Gasteiger charge is -2.36. The van der Waals surface area contributed by atoms with Crippen molar-refractivity contribution in [2.24, 2.45) is 5.92 Å². The van der Waals surface area contributed by atoms with Crippen molar-refractivity contribution in [2.45, 2.75) is 52.1 Å². The molecule has 2 rings (SSSR count). The maximum atomic E-state index is 13.1. The quantitative estimate of drug-likeness (QED) is 0.810. The topological polar surface area (TPSA) is 77.9 Å². The number of benzene rings is 1. The van der Waals surface area contributed by atoms with Gasteiger partial charge in [0.15, 0.2) is 0 Å². The van der Waals surface area contributed by atoms with Crippen molar-refractivity contribution in [3.8, 4) is 0 Å². The number of rotatable bonds is 7. The molecule has 1 heterocycles. The van der Waals surface area contributed by atoms with E-state index >= 15 is 0 Å². The Labute approximate surface area is 154 Å². The molecular weight excluding hydrogens is 332 g/mol. The molecular formula is C20H28N2O4. The van der Waals surface area contributed by atoms with Crippen molar-refractivity contribution in [3.05, 3.63) is 35.9 Å². The fourth-order valence-corrected chi connectivity index (χ4v) is 3.33. The lowest BCUT2D eigenvalue weighted by Crippen LogP contribution is -2.50. The smallest absolute Gasteiger partial charge is 0.326 e. The van der Waals surface area contributed by atoms with E-state index in [2.05, 4.69) is 0 Å². The Balaban J connectivity index is 2.14. The van der Waals surface area contributed by atoms with Gasteiger partial charge in [-0.15, -0.1) is 0 Å². The number of hydrogen-bond donors (Lipinski definition) is 1. The van der Waals surface area contributed by atoms with Crippen LogP contribution in [0.1, 0.15) is 45.1 Å². The molecule has 6 nitrogen and oxygen atoms in total. The highest BCUT2D eigenvalue weighted by Crippen LogP contribution is 2.22. The van der Waals surface area contributed by atoms with Gasteiger partial charge in [0.1, 0.15) is 6.04 Å².